The summed E-state index contributed by atoms with van der Waals surface area (Å²) in [4.78, 5) is 26.2. The van der Waals surface area contributed by atoms with Crippen molar-refractivity contribution in [1.29, 1.82) is 0 Å². The molecule has 0 bridgehead atoms. The van der Waals surface area contributed by atoms with Crippen molar-refractivity contribution >= 4 is 28.9 Å². The first kappa shape index (κ1) is 27.0. The van der Waals surface area contributed by atoms with E-state index in [1.165, 1.54) is 24.9 Å². The zero-order valence-electron chi connectivity index (χ0n) is 19.5. The first-order valence-corrected chi connectivity index (χ1v) is 11.8. The fraction of sp³-hybridized carbons (Fsp3) is 0.500. The van der Waals surface area contributed by atoms with Gasteiger partial charge in [0.05, 0.1) is 33.0 Å². The number of methoxy groups -OCH3 is 2. The molecule has 1 aliphatic rings. The summed E-state index contributed by atoms with van der Waals surface area (Å²) in [5.74, 6) is 0.408. The Bertz CT molecular complexity index is 924. The molecule has 1 amide bonds. The minimum absolute atomic E-state index is 0. The van der Waals surface area contributed by atoms with Crippen molar-refractivity contribution in [2.45, 2.75) is 52.1 Å². The topological polar surface area (TPSA) is 64.6 Å². The van der Waals surface area contributed by atoms with Gasteiger partial charge in [0.15, 0.2) is 6.04 Å². The van der Waals surface area contributed by atoms with Crippen molar-refractivity contribution in [3.8, 4) is 5.75 Å². The van der Waals surface area contributed by atoms with E-state index in [0.29, 0.717) is 15.0 Å². The van der Waals surface area contributed by atoms with Crippen LogP contribution in [0.2, 0.25) is 0 Å². The SMILES string of the molecule is CCC(C(=O)Nc1c(C)csc1C(=O)OC)[N+]1(Cc2ccccc2OC)CCCCC1.[Y]. The van der Waals surface area contributed by atoms with Gasteiger partial charge in [-0.1, -0.05) is 19.1 Å². The van der Waals surface area contributed by atoms with E-state index in [9.17, 15) is 9.59 Å². The number of carbonyl (C=O) groups is 2. The molecule has 1 unspecified atom stereocenters. The third kappa shape index (κ3) is 5.79. The molecule has 0 saturated carbocycles. The summed E-state index contributed by atoms with van der Waals surface area (Å²) in [6.45, 7) is 6.64. The van der Waals surface area contributed by atoms with Gasteiger partial charge in [0.25, 0.3) is 5.91 Å². The summed E-state index contributed by atoms with van der Waals surface area (Å²) >= 11 is 1.30. The van der Waals surface area contributed by atoms with Crippen LogP contribution in [0.15, 0.2) is 29.6 Å². The Morgan fingerprint density at radius 1 is 1.16 bits per heavy atom. The number of amides is 1. The summed E-state index contributed by atoms with van der Waals surface area (Å²) in [6.07, 6.45) is 4.12. The van der Waals surface area contributed by atoms with E-state index < -0.39 is 5.97 Å². The van der Waals surface area contributed by atoms with Gasteiger partial charge in [0.2, 0.25) is 0 Å². The summed E-state index contributed by atoms with van der Waals surface area (Å²) in [5.41, 5.74) is 2.58. The molecule has 32 heavy (non-hydrogen) atoms. The fourth-order valence-electron chi connectivity index (χ4n) is 4.77. The van der Waals surface area contributed by atoms with Crippen LogP contribution in [0.25, 0.3) is 0 Å². The molecule has 0 spiro atoms. The number of quaternary nitrogens is 1. The molecule has 1 aromatic carbocycles. The number of hydrogen-bond donors (Lipinski definition) is 1. The van der Waals surface area contributed by atoms with Crippen molar-refractivity contribution in [2.24, 2.45) is 0 Å². The number of hydrogen-bond acceptors (Lipinski definition) is 5. The average Bonchev–Trinajstić information content (AvgIpc) is 3.14. The molecule has 0 aliphatic carbocycles. The van der Waals surface area contributed by atoms with Crippen LogP contribution >= 0.6 is 11.3 Å². The average molecular weight is 535 g/mol. The molecule has 3 rings (SSSR count). The molecule has 1 radical (unpaired) electrons. The first-order valence-electron chi connectivity index (χ1n) is 10.9. The van der Waals surface area contributed by atoms with Crippen LogP contribution < -0.4 is 10.1 Å². The summed E-state index contributed by atoms with van der Waals surface area (Å²) in [7, 11) is 3.05. The second-order valence-corrected chi connectivity index (χ2v) is 9.10. The molecule has 1 aliphatic heterocycles. The number of benzene rings is 1. The molecule has 1 N–H and O–H groups in total. The number of esters is 1. The van der Waals surface area contributed by atoms with Gasteiger partial charge >= 0.3 is 5.97 Å². The van der Waals surface area contributed by atoms with Crippen LogP contribution in [0.5, 0.6) is 5.75 Å². The van der Waals surface area contributed by atoms with Crippen molar-refractivity contribution in [2.75, 3.05) is 32.6 Å². The molecule has 2 aromatic rings. The quantitative estimate of drug-likeness (QED) is 0.392. The van der Waals surface area contributed by atoms with Gasteiger partial charge in [-0.15, -0.1) is 11.3 Å². The zero-order valence-corrected chi connectivity index (χ0v) is 23.1. The van der Waals surface area contributed by atoms with Crippen molar-refractivity contribution in [1.82, 2.24) is 0 Å². The van der Waals surface area contributed by atoms with Crippen LogP contribution in [0, 0.1) is 6.92 Å². The molecule has 1 fully saturated rings. The third-order valence-electron chi connectivity index (χ3n) is 6.33. The Balaban J connectivity index is 0.00000363. The molecule has 8 heteroatoms. The maximum absolute atomic E-state index is 13.6. The number of nitrogens with zero attached hydrogens (tertiary/aromatic N) is 1. The number of thiophene rings is 1. The number of aryl methyl sites for hydroxylation is 1. The molecular weight excluding hydrogens is 501 g/mol. The normalized spacial score (nSPS) is 15.9. The Labute approximate surface area is 220 Å². The Morgan fingerprint density at radius 2 is 1.84 bits per heavy atom. The van der Waals surface area contributed by atoms with Crippen LogP contribution in [0.3, 0.4) is 0 Å². The van der Waals surface area contributed by atoms with E-state index in [0.717, 1.165) is 55.8 Å². The van der Waals surface area contributed by atoms with E-state index in [-0.39, 0.29) is 44.7 Å². The summed E-state index contributed by atoms with van der Waals surface area (Å²) in [5, 5.41) is 4.96. The first-order chi connectivity index (χ1) is 15.0. The van der Waals surface area contributed by atoms with E-state index >= 15 is 0 Å². The fourth-order valence-corrected chi connectivity index (χ4v) is 5.69. The molecule has 1 atom stereocenters. The smallest absolute Gasteiger partial charge is 0.350 e. The Hall–Kier alpha value is -1.28. The van der Waals surface area contributed by atoms with E-state index in [1.807, 2.05) is 30.5 Å². The van der Waals surface area contributed by atoms with Crippen LogP contribution in [-0.4, -0.2) is 49.7 Å². The van der Waals surface area contributed by atoms with Gasteiger partial charge < -0.3 is 19.3 Å². The number of piperidine rings is 1. The van der Waals surface area contributed by atoms with Crippen molar-refractivity contribution in [3.63, 3.8) is 0 Å². The largest absolute Gasteiger partial charge is 0.496 e. The maximum atomic E-state index is 13.6. The van der Waals surface area contributed by atoms with Gasteiger partial charge in [-0.3, -0.25) is 4.79 Å². The third-order valence-corrected chi connectivity index (χ3v) is 7.41. The van der Waals surface area contributed by atoms with E-state index in [4.69, 9.17) is 9.47 Å². The van der Waals surface area contributed by atoms with Gasteiger partial charge in [0, 0.05) is 44.7 Å². The van der Waals surface area contributed by atoms with Crippen LogP contribution in [-0.2, 0) is 48.8 Å². The van der Waals surface area contributed by atoms with E-state index in [2.05, 4.69) is 18.3 Å². The monoisotopic (exact) mass is 534 g/mol. The van der Waals surface area contributed by atoms with Gasteiger partial charge in [-0.2, -0.15) is 0 Å². The summed E-state index contributed by atoms with van der Waals surface area (Å²) in [6, 6.07) is 7.86. The molecule has 1 aromatic heterocycles. The van der Waals surface area contributed by atoms with Gasteiger partial charge in [-0.25, -0.2) is 4.79 Å². The number of ether oxygens (including phenoxy) is 2. The maximum Gasteiger partial charge on any atom is 0.350 e. The number of rotatable bonds is 8. The Kier molecular flexibility index (Phi) is 10.3. The Morgan fingerprint density at radius 3 is 2.47 bits per heavy atom. The molecule has 1 saturated heterocycles. The molecular formula is C24H33N2O4SY+. The van der Waals surface area contributed by atoms with Gasteiger partial charge in [-0.05, 0) is 49.3 Å². The number of carbonyl (C=O) groups excluding carboxylic acids is 2. The molecule has 2 heterocycles. The number of nitrogens with one attached hydrogen (secondary N) is 1. The van der Waals surface area contributed by atoms with Gasteiger partial charge in [0.1, 0.15) is 17.2 Å². The number of anilines is 1. The predicted molar refractivity (Wildman–Crippen MR) is 124 cm³/mol. The van der Waals surface area contributed by atoms with Crippen LogP contribution in [0.1, 0.15) is 53.4 Å². The standard InChI is InChI=1S/C24H32N2O4S.Y/c1-5-19(23(27)25-21-17(2)16-31-22(21)24(28)30-4)26(13-9-6-10-14-26)15-18-11-7-8-12-20(18)29-3;/h7-8,11-12,16,19H,5-6,9-10,13-15H2,1-4H3;/p+1. The molecule has 171 valence electrons. The molecule has 6 nitrogen and oxygen atoms in total. The predicted octanol–water partition coefficient (Wildman–Crippen LogP) is 4.77. The minimum atomic E-state index is -0.419. The number of likely N-dealkylation sites (tertiary alicyclic amines) is 1. The van der Waals surface area contributed by atoms with Crippen molar-refractivity contribution < 1.29 is 56.3 Å². The van der Waals surface area contributed by atoms with E-state index in [1.54, 1.807) is 7.11 Å². The zero-order chi connectivity index (χ0) is 22.4. The van der Waals surface area contributed by atoms with Crippen molar-refractivity contribution in [3.05, 3.63) is 45.6 Å². The second-order valence-electron chi connectivity index (χ2n) is 8.22. The number of para-hydroxylation sites is 1. The second kappa shape index (κ2) is 12.3. The summed E-state index contributed by atoms with van der Waals surface area (Å²) < 4.78 is 11.2. The minimum Gasteiger partial charge on any atom is -0.496 e. The van der Waals surface area contributed by atoms with Crippen LogP contribution in [0.4, 0.5) is 5.69 Å².